The first kappa shape index (κ1) is 123. The van der Waals surface area contributed by atoms with Crippen LogP contribution in [-0.4, -0.2) is 156 Å². The number of para-hydroxylation sites is 1. The molecule has 674 valence electrons. The Balaban J connectivity index is -0.000000422. The zero-order chi connectivity index (χ0) is 87.7. The van der Waals surface area contributed by atoms with Gasteiger partial charge in [-0.3, -0.25) is 48.7 Å². The van der Waals surface area contributed by atoms with Crippen molar-refractivity contribution in [2.24, 2.45) is 0 Å². The maximum Gasteiger partial charge on any atom is 1.00 e. The fourth-order valence-corrected chi connectivity index (χ4v) is 13.1. The number of aromatic nitrogens is 7. The van der Waals surface area contributed by atoms with Crippen molar-refractivity contribution in [3.05, 3.63) is 212 Å². The summed E-state index contributed by atoms with van der Waals surface area (Å²) in [5.74, 6) is -17.7. The number of pyridine rings is 1. The Hall–Kier alpha value is -8.02. The zero-order valence-electron chi connectivity index (χ0n) is 68.6. The molecule has 12 rings (SSSR count). The smallest absolute Gasteiger partial charge is 0.747 e. The van der Waals surface area contributed by atoms with Gasteiger partial charge in [-0.05, 0) is 149 Å². The number of likely N-dealkylation sites (tertiary alicyclic amines) is 3. The van der Waals surface area contributed by atoms with E-state index in [1.165, 1.54) is 49.6 Å². The molecule has 4 aliphatic heterocycles. The molecule has 5 aromatic carbocycles. The van der Waals surface area contributed by atoms with Crippen molar-refractivity contribution in [2.45, 2.75) is 259 Å². The second kappa shape index (κ2) is 54.1. The van der Waals surface area contributed by atoms with Gasteiger partial charge in [-0.2, -0.15) is 0 Å². The first-order chi connectivity index (χ1) is 53.3. The second-order valence-electron chi connectivity index (χ2n) is 28.7. The summed E-state index contributed by atoms with van der Waals surface area (Å²) < 4.78 is 182. The largest absolute Gasteiger partial charge is 1.00 e. The molecule has 3 saturated heterocycles. The van der Waals surface area contributed by atoms with Gasteiger partial charge >= 0.3 is 80.9 Å². The van der Waals surface area contributed by atoms with Crippen LogP contribution in [0.4, 0.5) is 45.2 Å². The van der Waals surface area contributed by atoms with Crippen molar-refractivity contribution in [3.8, 4) is 0 Å². The molecule has 0 bridgehead atoms. The monoisotopic (exact) mass is 1810 g/mol. The molecule has 7 heterocycles. The predicted molar refractivity (Wildman–Crippen MR) is 449 cm³/mol. The summed E-state index contributed by atoms with van der Waals surface area (Å²) in [5, 5.41) is 23.4. The standard InChI is InChI=1S/C11H11NO2.C9H7F5.C9H8F4.C9H11N3.C9H11NO2.C8H10N4.C8H13NO4S.C8H13NO.C7H11NO5S.6CH4.K.Na/c1-7(2)12-10(13)8-5-3-4-6-9(8)11(12)14;1-3(2)4-5(10)7(12)9(14)8(13)6(4)11;1-4(2)7-8(12)5(10)3-6(11)9(7)13;1-7(2)12-9-6-4-3-5-8(9)10-11-12;1-7(2)8-3-5-9(6-4-8)10(11)12;1-6(2)12-8-7(10-11-12)4-3-5-9-8;1-5(2)9-6(3)7(4-8(9)10)14(11,12)13;1-6(2)9-7(3)4-5-8(9)10;1-4(2)8-6(9)3-5(7(8)10)14(11,12)13;;;;;;;;/h3-7H,1-2H3;3H,1-2H3;3-4H,1-2H3;2*3-7H,1-2H3;3-6H,1-2H3;5,7H,3-4H2,1-2H3,(H,11,12,13);6H,3-5H2,1-2H3;4-5H,3H2,1-2H3,(H,11,12,13);6*1H4;;/q;;;;;;;;;;;;;;;2*+1/p-2. The van der Waals surface area contributed by atoms with Crippen LogP contribution in [0.1, 0.15) is 262 Å². The summed E-state index contributed by atoms with van der Waals surface area (Å²) in [6, 6.07) is 25.9. The number of non-ortho nitro benzene ring substituents is 1. The van der Waals surface area contributed by atoms with Gasteiger partial charge in [0.2, 0.25) is 29.4 Å². The number of carbonyl (C=O) groups excluding carboxylic acids is 6. The summed E-state index contributed by atoms with van der Waals surface area (Å²) in [6.07, 6.45) is 2.45. The Kier molecular flexibility index (Phi) is 54.3. The average Bonchev–Trinajstić information content (AvgIpc) is 1.73. The fraction of sp³-hybridized carbons (Fsp3) is 0.464. The van der Waals surface area contributed by atoms with Gasteiger partial charge in [0.25, 0.3) is 17.5 Å². The van der Waals surface area contributed by atoms with E-state index in [2.05, 4.69) is 80.3 Å². The number of carbonyl (C=O) groups is 6. The molecule has 2 unspecified atom stereocenters. The number of nitro benzene ring substituents is 1. The van der Waals surface area contributed by atoms with E-state index in [-0.39, 0.29) is 196 Å². The molecular formula is C84H117F9KN12NaO14S2. The van der Waals surface area contributed by atoms with Crippen molar-refractivity contribution in [1.82, 2.24) is 54.6 Å². The van der Waals surface area contributed by atoms with Crippen molar-refractivity contribution in [1.29, 1.82) is 0 Å². The van der Waals surface area contributed by atoms with Gasteiger partial charge in [-0.25, -0.2) is 70.7 Å². The summed E-state index contributed by atoms with van der Waals surface area (Å²) in [7, 11) is -9.18. The van der Waals surface area contributed by atoms with E-state index in [1.807, 2.05) is 73.5 Å². The molecule has 39 heteroatoms. The van der Waals surface area contributed by atoms with Gasteiger partial charge in [0.1, 0.15) is 36.5 Å². The van der Waals surface area contributed by atoms with Crippen LogP contribution in [0.3, 0.4) is 0 Å². The molecule has 3 fully saturated rings. The summed E-state index contributed by atoms with van der Waals surface area (Å²) in [4.78, 5) is 87.7. The van der Waals surface area contributed by atoms with Crippen LogP contribution in [0.2, 0.25) is 0 Å². The van der Waals surface area contributed by atoms with Crippen molar-refractivity contribution < 1.29 is 180 Å². The van der Waals surface area contributed by atoms with Crippen LogP contribution in [-0.2, 0) is 39.4 Å². The number of halogens is 9. The molecule has 0 saturated carbocycles. The number of imide groups is 2. The maximum atomic E-state index is 12.9. The number of allylic oxidation sites excluding steroid dienone is 1. The number of nitrogens with zero attached hydrogens (tertiary/aromatic N) is 12. The Morgan fingerprint density at radius 2 is 0.829 bits per heavy atom. The summed E-state index contributed by atoms with van der Waals surface area (Å²) >= 11 is 0. The number of benzene rings is 5. The van der Waals surface area contributed by atoms with Gasteiger partial charge in [0.15, 0.2) is 52.2 Å². The third kappa shape index (κ3) is 32.4. The minimum Gasteiger partial charge on any atom is -0.747 e. The van der Waals surface area contributed by atoms with Crippen LogP contribution in [0.15, 0.2) is 122 Å². The summed E-state index contributed by atoms with van der Waals surface area (Å²) in [5.41, 5.74) is 5.84. The van der Waals surface area contributed by atoms with E-state index in [0.717, 1.165) is 44.8 Å². The van der Waals surface area contributed by atoms with Crippen LogP contribution >= 0.6 is 0 Å². The topological polar surface area (TPSA) is 347 Å². The van der Waals surface area contributed by atoms with E-state index in [0.29, 0.717) is 35.5 Å². The average molecular weight is 1820 g/mol. The molecule has 26 nitrogen and oxygen atoms in total. The Morgan fingerprint density at radius 3 is 1.18 bits per heavy atom. The van der Waals surface area contributed by atoms with Gasteiger partial charge in [-0.1, -0.05) is 146 Å². The first-order valence-corrected chi connectivity index (χ1v) is 39.0. The van der Waals surface area contributed by atoms with Gasteiger partial charge < -0.3 is 18.9 Å². The molecule has 0 radical (unpaired) electrons. The van der Waals surface area contributed by atoms with Gasteiger partial charge in [-0.15, -0.1) is 10.2 Å². The molecular weight excluding hydrogens is 1700 g/mol. The van der Waals surface area contributed by atoms with E-state index in [9.17, 15) is 104 Å². The SMILES string of the molecule is C.C.C.C.C.C.C=C1C(S(=O)(=O)[O-])CC(=O)N1C(C)C.C=C1CCC(=O)N1C(C)C.CC(C)N1C(=O)CC(S(=O)(=O)[O-])C1=O.CC(C)N1C(=O)c2ccccc2C1=O.CC(C)c1c(F)c(F)c(F)c(F)c1F.CC(C)c1c(F)c(F)cc(F)c1F.CC(C)c1ccc([N+](=O)[O-])cc1.CC(C)n1nnc2ccccc21.CC(C)n1nnc2cccnc21.[K+].[Na+]. The maximum absolute atomic E-state index is 12.9. The number of amides is 6. The second-order valence-corrected chi connectivity index (χ2v) is 31.8. The van der Waals surface area contributed by atoms with Gasteiger partial charge in [0.05, 0.1) is 39.3 Å². The minimum absolute atomic E-state index is 0. The van der Waals surface area contributed by atoms with Crippen LogP contribution in [0, 0.1) is 62.5 Å². The number of rotatable bonds is 12. The van der Waals surface area contributed by atoms with Crippen molar-refractivity contribution in [3.63, 3.8) is 0 Å². The van der Waals surface area contributed by atoms with Crippen molar-refractivity contribution >= 4 is 83.6 Å². The van der Waals surface area contributed by atoms with Crippen LogP contribution < -0.4 is 80.9 Å². The molecule has 4 aliphatic rings. The van der Waals surface area contributed by atoms with Crippen LogP contribution in [0.5, 0.6) is 0 Å². The molecule has 0 N–H and O–H groups in total. The molecule has 8 aromatic rings. The number of fused-ring (bicyclic) bond motifs is 3. The normalized spacial score (nSPS) is 14.3. The van der Waals surface area contributed by atoms with Gasteiger partial charge in [0, 0.05) is 90.0 Å². The molecule has 6 amide bonds. The predicted octanol–water partition coefficient (Wildman–Crippen LogP) is 13.2. The van der Waals surface area contributed by atoms with E-state index in [1.54, 1.807) is 75.2 Å². The third-order valence-corrected chi connectivity index (χ3v) is 19.4. The summed E-state index contributed by atoms with van der Waals surface area (Å²) in [6.45, 7) is 39.7. The fourth-order valence-electron chi connectivity index (χ4n) is 11.6. The molecule has 3 aromatic heterocycles. The zero-order valence-corrected chi connectivity index (χ0v) is 75.4. The number of hydrogen-bond donors (Lipinski definition) is 0. The Bertz CT molecular complexity index is 4860. The van der Waals surface area contributed by atoms with E-state index >= 15 is 0 Å². The first-order valence-electron chi connectivity index (χ1n) is 36.0. The number of hydrogen-bond acceptors (Lipinski definition) is 19. The molecule has 2 atom stereocenters. The minimum atomic E-state index is -4.71. The third-order valence-electron chi connectivity index (χ3n) is 17.2. The van der Waals surface area contributed by atoms with E-state index < -0.39 is 130 Å². The van der Waals surface area contributed by atoms with Crippen LogP contribution in [0.25, 0.3) is 22.2 Å². The van der Waals surface area contributed by atoms with Crippen molar-refractivity contribution in [2.75, 3.05) is 0 Å². The molecule has 123 heavy (non-hydrogen) atoms. The Labute approximate surface area is 782 Å². The molecule has 0 spiro atoms. The van der Waals surface area contributed by atoms with E-state index in [4.69, 9.17) is 0 Å². The molecule has 0 aliphatic carbocycles. The quantitative estimate of drug-likeness (QED) is 0.0160. The number of nitro groups is 1. The Morgan fingerprint density at radius 1 is 0.447 bits per heavy atom.